The molecule has 0 fully saturated rings. The number of aryl methyl sites for hydroxylation is 1. The number of rotatable bonds is 3. The van der Waals surface area contributed by atoms with Crippen molar-refractivity contribution in [2.45, 2.75) is 16.8 Å². The number of benzene rings is 1. The summed E-state index contributed by atoms with van der Waals surface area (Å²) in [4.78, 5) is 11.7. The Hall–Kier alpha value is -1.59. The fourth-order valence-corrected chi connectivity index (χ4v) is 2.26. The second-order valence-corrected chi connectivity index (χ2v) is 5.06. The van der Waals surface area contributed by atoms with E-state index in [9.17, 15) is 4.79 Å². The maximum atomic E-state index is 10.9. The molecule has 18 heavy (non-hydrogen) atoms. The van der Waals surface area contributed by atoms with E-state index in [-0.39, 0.29) is 10.6 Å². The van der Waals surface area contributed by atoms with Crippen molar-refractivity contribution in [2.24, 2.45) is 0 Å². The minimum Gasteiger partial charge on any atom is -0.478 e. The second-order valence-electron chi connectivity index (χ2n) is 3.56. The van der Waals surface area contributed by atoms with Gasteiger partial charge in [0.2, 0.25) is 0 Å². The standard InChI is InChI=1S/C12H9ClN2O2S/c1-7-2-5-11(15-14-7)18-8-3-4-10(13)9(6-8)12(16)17/h2-6H,1H3,(H,16,17). The highest BCUT2D eigenvalue weighted by Crippen LogP contribution is 2.29. The third-order valence-corrected chi connectivity index (χ3v) is 3.41. The minimum absolute atomic E-state index is 0.0849. The first kappa shape index (κ1) is 12.9. The van der Waals surface area contributed by atoms with E-state index in [2.05, 4.69) is 10.2 Å². The number of halogens is 1. The van der Waals surface area contributed by atoms with Gasteiger partial charge in [-0.2, -0.15) is 5.10 Å². The van der Waals surface area contributed by atoms with Gasteiger partial charge in [0, 0.05) is 4.90 Å². The second kappa shape index (κ2) is 5.37. The summed E-state index contributed by atoms with van der Waals surface area (Å²) in [7, 11) is 0. The first-order chi connectivity index (χ1) is 8.56. The van der Waals surface area contributed by atoms with E-state index >= 15 is 0 Å². The van der Waals surface area contributed by atoms with Crippen LogP contribution in [0, 0.1) is 6.92 Å². The number of nitrogens with zero attached hydrogens (tertiary/aromatic N) is 2. The first-order valence-electron chi connectivity index (χ1n) is 5.07. The van der Waals surface area contributed by atoms with Crippen molar-refractivity contribution in [1.29, 1.82) is 0 Å². The molecule has 0 aliphatic rings. The molecule has 1 aromatic heterocycles. The van der Waals surface area contributed by atoms with Gasteiger partial charge in [0.15, 0.2) is 0 Å². The zero-order valence-corrected chi connectivity index (χ0v) is 11.0. The van der Waals surface area contributed by atoms with Crippen LogP contribution in [0.15, 0.2) is 40.3 Å². The molecule has 0 bridgehead atoms. The van der Waals surface area contributed by atoms with Gasteiger partial charge in [0.05, 0.1) is 16.3 Å². The highest BCUT2D eigenvalue weighted by molar-refractivity contribution is 7.99. The van der Waals surface area contributed by atoms with Crippen molar-refractivity contribution in [1.82, 2.24) is 10.2 Å². The highest BCUT2D eigenvalue weighted by Gasteiger charge is 2.10. The molecule has 0 aliphatic heterocycles. The molecule has 0 saturated carbocycles. The van der Waals surface area contributed by atoms with E-state index in [1.165, 1.54) is 17.8 Å². The van der Waals surface area contributed by atoms with Crippen LogP contribution >= 0.6 is 23.4 Å². The normalized spacial score (nSPS) is 10.3. The summed E-state index contributed by atoms with van der Waals surface area (Å²) in [5.74, 6) is -1.04. The highest BCUT2D eigenvalue weighted by atomic mass is 35.5. The molecule has 0 saturated heterocycles. The molecule has 6 heteroatoms. The lowest BCUT2D eigenvalue weighted by molar-refractivity contribution is 0.0697. The van der Waals surface area contributed by atoms with Gasteiger partial charge in [-0.3, -0.25) is 0 Å². The summed E-state index contributed by atoms with van der Waals surface area (Å²) in [6.07, 6.45) is 0. The van der Waals surface area contributed by atoms with E-state index in [4.69, 9.17) is 16.7 Å². The SMILES string of the molecule is Cc1ccc(Sc2ccc(Cl)c(C(=O)O)c2)nn1. The van der Waals surface area contributed by atoms with Crippen LogP contribution < -0.4 is 0 Å². The molecule has 4 nitrogen and oxygen atoms in total. The van der Waals surface area contributed by atoms with Crippen molar-refractivity contribution in [3.63, 3.8) is 0 Å². The molecule has 2 rings (SSSR count). The number of aromatic nitrogens is 2. The predicted molar refractivity (Wildman–Crippen MR) is 69.3 cm³/mol. The minimum atomic E-state index is -1.04. The number of carboxylic acid groups (broad SMARTS) is 1. The number of carboxylic acids is 1. The van der Waals surface area contributed by atoms with Crippen molar-refractivity contribution < 1.29 is 9.90 Å². The van der Waals surface area contributed by atoms with Crippen LogP contribution in [0.5, 0.6) is 0 Å². The number of carbonyl (C=O) groups is 1. The summed E-state index contributed by atoms with van der Waals surface area (Å²) in [6.45, 7) is 1.85. The molecule has 0 unspecified atom stereocenters. The van der Waals surface area contributed by atoms with Gasteiger partial charge >= 0.3 is 5.97 Å². The summed E-state index contributed by atoms with van der Waals surface area (Å²) in [5, 5.41) is 17.8. The van der Waals surface area contributed by atoms with E-state index < -0.39 is 5.97 Å². The van der Waals surface area contributed by atoms with Gasteiger partial charge in [-0.05, 0) is 37.3 Å². The Labute approximate surface area is 113 Å². The molecule has 1 aromatic carbocycles. The zero-order chi connectivity index (χ0) is 13.1. The van der Waals surface area contributed by atoms with Crippen molar-refractivity contribution in [2.75, 3.05) is 0 Å². The van der Waals surface area contributed by atoms with Gasteiger partial charge in [-0.15, -0.1) is 5.10 Å². The largest absolute Gasteiger partial charge is 0.478 e. The molecule has 0 atom stereocenters. The monoisotopic (exact) mass is 280 g/mol. The van der Waals surface area contributed by atoms with Gasteiger partial charge in [0.1, 0.15) is 5.03 Å². The molecule has 92 valence electrons. The third kappa shape index (κ3) is 3.00. The summed E-state index contributed by atoms with van der Waals surface area (Å²) < 4.78 is 0. The van der Waals surface area contributed by atoms with Crippen LogP contribution in [-0.2, 0) is 0 Å². The van der Waals surface area contributed by atoms with Gasteiger partial charge < -0.3 is 5.11 Å². The molecule has 0 radical (unpaired) electrons. The van der Waals surface area contributed by atoms with Gasteiger partial charge in [0.25, 0.3) is 0 Å². The zero-order valence-electron chi connectivity index (χ0n) is 9.42. The van der Waals surface area contributed by atoms with E-state index in [0.717, 1.165) is 10.6 Å². The lowest BCUT2D eigenvalue weighted by Gasteiger charge is -2.03. The summed E-state index contributed by atoms with van der Waals surface area (Å²) in [6, 6.07) is 8.53. The Balaban J connectivity index is 2.27. The average molecular weight is 281 g/mol. The van der Waals surface area contributed by atoms with Gasteiger partial charge in [-0.25, -0.2) is 4.79 Å². The lowest BCUT2D eigenvalue weighted by Crippen LogP contribution is -1.97. The Morgan fingerprint density at radius 3 is 2.67 bits per heavy atom. The maximum absolute atomic E-state index is 10.9. The Morgan fingerprint density at radius 1 is 1.28 bits per heavy atom. The fraction of sp³-hybridized carbons (Fsp3) is 0.0833. The summed E-state index contributed by atoms with van der Waals surface area (Å²) in [5.41, 5.74) is 0.920. The topological polar surface area (TPSA) is 63.1 Å². The van der Waals surface area contributed by atoms with Crippen LogP contribution in [0.2, 0.25) is 5.02 Å². The number of aromatic carboxylic acids is 1. The molecule has 2 aromatic rings. The molecular formula is C12H9ClN2O2S. The van der Waals surface area contributed by atoms with Crippen LogP contribution in [0.1, 0.15) is 16.1 Å². The molecular weight excluding hydrogens is 272 g/mol. The maximum Gasteiger partial charge on any atom is 0.337 e. The predicted octanol–water partition coefficient (Wildman–Crippen LogP) is 3.29. The van der Waals surface area contributed by atoms with Gasteiger partial charge in [-0.1, -0.05) is 23.4 Å². The van der Waals surface area contributed by atoms with E-state index in [0.29, 0.717) is 5.03 Å². The van der Waals surface area contributed by atoms with E-state index in [1.54, 1.807) is 12.1 Å². The van der Waals surface area contributed by atoms with Crippen LogP contribution in [0.25, 0.3) is 0 Å². The Bertz CT molecular complexity index is 587. The fourth-order valence-electron chi connectivity index (χ4n) is 1.29. The summed E-state index contributed by atoms with van der Waals surface area (Å²) >= 11 is 7.14. The van der Waals surface area contributed by atoms with Crippen molar-refractivity contribution in [3.8, 4) is 0 Å². The molecule has 1 N–H and O–H groups in total. The number of hydrogen-bond donors (Lipinski definition) is 1. The van der Waals surface area contributed by atoms with Crippen molar-refractivity contribution in [3.05, 3.63) is 46.6 Å². The van der Waals surface area contributed by atoms with Crippen LogP contribution in [0.3, 0.4) is 0 Å². The lowest BCUT2D eigenvalue weighted by atomic mass is 10.2. The average Bonchev–Trinajstić information content (AvgIpc) is 2.34. The molecule has 0 amide bonds. The number of hydrogen-bond acceptors (Lipinski definition) is 4. The van der Waals surface area contributed by atoms with Crippen molar-refractivity contribution >= 4 is 29.3 Å². The first-order valence-corrected chi connectivity index (χ1v) is 6.27. The Kier molecular flexibility index (Phi) is 3.84. The molecule has 1 heterocycles. The quantitative estimate of drug-likeness (QED) is 0.935. The third-order valence-electron chi connectivity index (χ3n) is 2.16. The van der Waals surface area contributed by atoms with Crippen LogP contribution in [-0.4, -0.2) is 21.3 Å². The Morgan fingerprint density at radius 2 is 2.06 bits per heavy atom. The molecule has 0 aliphatic carbocycles. The molecule has 0 spiro atoms. The van der Waals surface area contributed by atoms with Crippen LogP contribution in [0.4, 0.5) is 0 Å². The van der Waals surface area contributed by atoms with E-state index in [1.807, 2.05) is 19.1 Å². The smallest absolute Gasteiger partial charge is 0.337 e.